The van der Waals surface area contributed by atoms with Crippen molar-refractivity contribution in [1.29, 1.82) is 0 Å². The maximum Gasteiger partial charge on any atom is 0.338 e. The molecule has 194 valence electrons. The quantitative estimate of drug-likeness (QED) is 0.268. The van der Waals surface area contributed by atoms with Crippen LogP contribution in [-0.4, -0.2) is 38.5 Å². The maximum atomic E-state index is 13.8. The molecule has 37 heavy (non-hydrogen) atoms. The zero-order chi connectivity index (χ0) is 26.9. The van der Waals surface area contributed by atoms with E-state index in [0.717, 1.165) is 18.5 Å². The molecule has 0 spiro atoms. The Morgan fingerprint density at radius 2 is 1.76 bits per heavy atom. The van der Waals surface area contributed by atoms with Crippen LogP contribution >= 0.6 is 56.5 Å². The molecule has 1 unspecified atom stereocenters. The third kappa shape index (κ3) is 5.30. The van der Waals surface area contributed by atoms with E-state index in [9.17, 15) is 9.59 Å². The third-order valence-corrected chi connectivity index (χ3v) is 8.35. The van der Waals surface area contributed by atoms with Gasteiger partial charge in [0, 0.05) is 0 Å². The number of allylic oxidation sites excluding steroid dienone is 1. The van der Waals surface area contributed by atoms with Gasteiger partial charge in [0.1, 0.15) is 5.75 Å². The molecule has 0 saturated carbocycles. The molecule has 8 nitrogen and oxygen atoms in total. The molecule has 0 bridgehead atoms. The van der Waals surface area contributed by atoms with Crippen LogP contribution < -0.4 is 29.1 Å². The van der Waals surface area contributed by atoms with Gasteiger partial charge >= 0.3 is 5.97 Å². The van der Waals surface area contributed by atoms with E-state index < -0.39 is 12.0 Å². The number of benzene rings is 2. The lowest BCUT2D eigenvalue weighted by atomic mass is 9.95. The number of rotatable bonds is 7. The summed E-state index contributed by atoms with van der Waals surface area (Å²) in [7, 11) is 4.73. The highest BCUT2D eigenvalue weighted by Crippen LogP contribution is 2.36. The number of ether oxygens (including phenoxy) is 4. The SMILES string of the molecule is CCOC(=O)C1=C(C)N=c2s/c(=C\c3cc(I)c(OC)c(I)c3)c(=O)n2C1c1ccc(OC)c(OC)c1. The van der Waals surface area contributed by atoms with Crippen LogP contribution in [0.25, 0.3) is 6.08 Å². The van der Waals surface area contributed by atoms with Gasteiger partial charge in [0.15, 0.2) is 16.3 Å². The van der Waals surface area contributed by atoms with E-state index >= 15 is 0 Å². The standard InChI is InChI=1S/C26H24I2N2O6S/c1-6-36-25(32)21-13(2)29-26-30(22(21)15-7-8-18(33-3)19(12-15)34-4)24(31)20(37-26)11-14-9-16(27)23(35-5)17(28)10-14/h7-12,22H,6H2,1-5H3/b20-11-. The van der Waals surface area contributed by atoms with Gasteiger partial charge < -0.3 is 18.9 Å². The fourth-order valence-electron chi connectivity index (χ4n) is 4.14. The summed E-state index contributed by atoms with van der Waals surface area (Å²) in [6.45, 7) is 3.70. The van der Waals surface area contributed by atoms with Crippen molar-refractivity contribution in [2.75, 3.05) is 27.9 Å². The number of esters is 1. The Bertz CT molecular complexity index is 1570. The number of thiazole rings is 1. The zero-order valence-electron chi connectivity index (χ0n) is 20.8. The van der Waals surface area contributed by atoms with Crippen LogP contribution in [0.5, 0.6) is 17.2 Å². The van der Waals surface area contributed by atoms with Crippen molar-refractivity contribution in [3.8, 4) is 17.2 Å². The van der Waals surface area contributed by atoms with Crippen LogP contribution in [0.1, 0.15) is 31.0 Å². The van der Waals surface area contributed by atoms with Crippen molar-refractivity contribution in [2.45, 2.75) is 19.9 Å². The minimum atomic E-state index is -0.742. The molecule has 0 N–H and O–H groups in total. The molecule has 0 fully saturated rings. The molecule has 1 aliphatic heterocycles. The van der Waals surface area contributed by atoms with Crippen molar-refractivity contribution in [3.05, 3.63) is 79.6 Å². The first-order valence-corrected chi connectivity index (χ1v) is 14.2. The summed E-state index contributed by atoms with van der Waals surface area (Å²) < 4.78 is 25.6. The molecule has 1 atom stereocenters. The van der Waals surface area contributed by atoms with E-state index in [2.05, 4.69) is 50.2 Å². The van der Waals surface area contributed by atoms with E-state index in [0.29, 0.717) is 37.7 Å². The Hall–Kier alpha value is -2.39. The highest BCUT2D eigenvalue weighted by molar-refractivity contribution is 14.1. The second-order valence-corrected chi connectivity index (χ2v) is 11.3. The highest BCUT2D eigenvalue weighted by atomic mass is 127. The van der Waals surface area contributed by atoms with Crippen LogP contribution in [0.15, 0.2) is 51.4 Å². The predicted octanol–water partition coefficient (Wildman–Crippen LogP) is 4.03. The van der Waals surface area contributed by atoms with Crippen molar-refractivity contribution in [2.24, 2.45) is 4.99 Å². The number of fused-ring (bicyclic) bond motifs is 1. The number of carbonyl (C=O) groups is 1. The van der Waals surface area contributed by atoms with Crippen LogP contribution in [0.4, 0.5) is 0 Å². The molecule has 0 saturated heterocycles. The van der Waals surface area contributed by atoms with E-state index in [1.807, 2.05) is 24.3 Å². The number of carbonyl (C=O) groups excluding carboxylic acids is 1. The second kappa shape index (κ2) is 11.6. The molecular weight excluding hydrogens is 722 g/mol. The van der Waals surface area contributed by atoms with Gasteiger partial charge in [-0.3, -0.25) is 9.36 Å². The van der Waals surface area contributed by atoms with Crippen molar-refractivity contribution in [1.82, 2.24) is 4.57 Å². The second-order valence-electron chi connectivity index (χ2n) is 7.93. The zero-order valence-corrected chi connectivity index (χ0v) is 25.9. The first-order valence-electron chi connectivity index (χ1n) is 11.2. The van der Waals surface area contributed by atoms with Crippen LogP contribution in [0.2, 0.25) is 0 Å². The van der Waals surface area contributed by atoms with E-state index in [1.165, 1.54) is 18.4 Å². The Kier molecular flexibility index (Phi) is 8.63. The summed E-state index contributed by atoms with van der Waals surface area (Å²) in [5.41, 5.74) is 2.10. The van der Waals surface area contributed by atoms with Gasteiger partial charge in [0.05, 0.1) is 56.9 Å². The van der Waals surface area contributed by atoms with E-state index in [1.54, 1.807) is 44.8 Å². The monoisotopic (exact) mass is 746 g/mol. The largest absolute Gasteiger partial charge is 0.495 e. The molecule has 0 amide bonds. The molecule has 0 radical (unpaired) electrons. The molecule has 1 aliphatic rings. The van der Waals surface area contributed by atoms with Crippen LogP contribution in [0, 0.1) is 7.14 Å². The molecule has 2 heterocycles. The topological polar surface area (TPSA) is 88.4 Å². The summed E-state index contributed by atoms with van der Waals surface area (Å²) in [5.74, 6) is 1.31. The molecule has 1 aromatic heterocycles. The smallest absolute Gasteiger partial charge is 0.338 e. The highest BCUT2D eigenvalue weighted by Gasteiger charge is 2.34. The van der Waals surface area contributed by atoms with Crippen molar-refractivity contribution in [3.63, 3.8) is 0 Å². The predicted molar refractivity (Wildman–Crippen MR) is 158 cm³/mol. The van der Waals surface area contributed by atoms with E-state index in [4.69, 9.17) is 18.9 Å². The van der Waals surface area contributed by atoms with Gasteiger partial charge in [-0.1, -0.05) is 17.4 Å². The summed E-state index contributed by atoms with van der Waals surface area (Å²) >= 11 is 5.70. The lowest BCUT2D eigenvalue weighted by Gasteiger charge is -2.25. The molecule has 2 aromatic carbocycles. The minimum absolute atomic E-state index is 0.202. The van der Waals surface area contributed by atoms with Gasteiger partial charge in [-0.2, -0.15) is 0 Å². The number of methoxy groups -OCH3 is 3. The van der Waals surface area contributed by atoms with E-state index in [-0.39, 0.29) is 12.2 Å². The molecule has 3 aromatic rings. The van der Waals surface area contributed by atoms with Crippen molar-refractivity contribution >= 4 is 68.6 Å². The average molecular weight is 746 g/mol. The van der Waals surface area contributed by atoms with Crippen molar-refractivity contribution < 1.29 is 23.7 Å². The lowest BCUT2D eigenvalue weighted by molar-refractivity contribution is -0.139. The van der Waals surface area contributed by atoms with Gasteiger partial charge in [-0.15, -0.1) is 0 Å². The summed E-state index contributed by atoms with van der Waals surface area (Å²) in [5, 5.41) is 0. The van der Waals surface area contributed by atoms with Gasteiger partial charge in [-0.05, 0) is 100 Å². The van der Waals surface area contributed by atoms with Gasteiger partial charge in [0.2, 0.25) is 0 Å². The average Bonchev–Trinajstić information content (AvgIpc) is 3.16. The third-order valence-electron chi connectivity index (χ3n) is 5.76. The molecule has 4 rings (SSSR count). The summed E-state index contributed by atoms with van der Waals surface area (Å²) in [4.78, 5) is 32.1. The summed E-state index contributed by atoms with van der Waals surface area (Å²) in [6, 6.07) is 8.51. The first kappa shape index (κ1) is 27.6. The Morgan fingerprint density at radius 1 is 1.08 bits per heavy atom. The number of halogens is 2. The normalized spacial score (nSPS) is 15.2. The Balaban J connectivity index is 1.96. The van der Waals surface area contributed by atoms with Crippen LogP contribution in [0.3, 0.4) is 0 Å². The first-order chi connectivity index (χ1) is 17.7. The maximum absolute atomic E-state index is 13.8. The lowest BCUT2D eigenvalue weighted by Crippen LogP contribution is -2.40. The summed E-state index contributed by atoms with van der Waals surface area (Å²) in [6.07, 6.45) is 1.84. The minimum Gasteiger partial charge on any atom is -0.495 e. The number of aromatic nitrogens is 1. The number of nitrogens with zero attached hydrogens (tertiary/aromatic N) is 2. The van der Waals surface area contributed by atoms with Crippen LogP contribution in [-0.2, 0) is 9.53 Å². The number of hydrogen-bond acceptors (Lipinski definition) is 8. The van der Waals surface area contributed by atoms with Gasteiger partial charge in [0.25, 0.3) is 5.56 Å². The Labute approximate surface area is 244 Å². The Morgan fingerprint density at radius 3 is 2.35 bits per heavy atom. The fraction of sp³-hybridized carbons (Fsp3) is 0.269. The molecule has 11 heteroatoms. The number of hydrogen-bond donors (Lipinski definition) is 0. The fourth-order valence-corrected chi connectivity index (χ4v) is 7.44. The molecule has 0 aliphatic carbocycles. The molecular formula is C26H24I2N2O6S. The van der Waals surface area contributed by atoms with Gasteiger partial charge in [-0.25, -0.2) is 9.79 Å².